The quantitative estimate of drug-likeness (QED) is 0.918. The molecule has 3 nitrogen and oxygen atoms in total. The Labute approximate surface area is 136 Å². The SMILES string of the molecule is COc1ccc([C@H](O)CN2CC[C@H](c3ccccc3)C2)cc1F. The highest BCUT2D eigenvalue weighted by molar-refractivity contribution is 5.30. The molecule has 122 valence electrons. The van der Waals surface area contributed by atoms with Crippen LogP contribution in [0.3, 0.4) is 0 Å². The lowest BCUT2D eigenvalue weighted by atomic mass is 9.99. The van der Waals surface area contributed by atoms with Crippen LogP contribution >= 0.6 is 0 Å². The van der Waals surface area contributed by atoms with Crippen molar-refractivity contribution >= 4 is 0 Å². The van der Waals surface area contributed by atoms with Crippen LogP contribution in [0.1, 0.15) is 29.6 Å². The molecule has 2 aromatic carbocycles. The van der Waals surface area contributed by atoms with Crippen molar-refractivity contribution in [3.63, 3.8) is 0 Å². The minimum absolute atomic E-state index is 0.200. The average molecular weight is 315 g/mol. The summed E-state index contributed by atoms with van der Waals surface area (Å²) in [6.07, 6.45) is 0.401. The summed E-state index contributed by atoms with van der Waals surface area (Å²) in [5.74, 6) is 0.273. The van der Waals surface area contributed by atoms with Gasteiger partial charge in [0.15, 0.2) is 11.6 Å². The summed E-state index contributed by atoms with van der Waals surface area (Å²) < 4.78 is 18.7. The first-order valence-electron chi connectivity index (χ1n) is 7.96. The Morgan fingerprint density at radius 3 is 2.74 bits per heavy atom. The zero-order valence-corrected chi connectivity index (χ0v) is 13.3. The highest BCUT2D eigenvalue weighted by atomic mass is 19.1. The summed E-state index contributed by atoms with van der Waals surface area (Å²) in [6, 6.07) is 15.1. The van der Waals surface area contributed by atoms with Crippen LogP contribution in [0.15, 0.2) is 48.5 Å². The molecule has 1 N–H and O–H groups in total. The van der Waals surface area contributed by atoms with Crippen molar-refractivity contribution in [3.8, 4) is 5.75 Å². The first-order valence-corrected chi connectivity index (χ1v) is 7.96. The molecule has 0 unspecified atom stereocenters. The Bertz CT molecular complexity index is 647. The van der Waals surface area contributed by atoms with E-state index in [2.05, 4.69) is 29.2 Å². The monoisotopic (exact) mass is 315 g/mol. The van der Waals surface area contributed by atoms with Crippen LogP contribution in [0.5, 0.6) is 5.75 Å². The summed E-state index contributed by atoms with van der Waals surface area (Å²) >= 11 is 0. The van der Waals surface area contributed by atoms with E-state index in [0.29, 0.717) is 18.0 Å². The fraction of sp³-hybridized carbons (Fsp3) is 0.368. The highest BCUT2D eigenvalue weighted by Gasteiger charge is 2.25. The normalized spacial score (nSPS) is 19.7. The third kappa shape index (κ3) is 3.71. The Morgan fingerprint density at radius 1 is 1.26 bits per heavy atom. The third-order valence-corrected chi connectivity index (χ3v) is 4.54. The predicted octanol–water partition coefficient (Wildman–Crippen LogP) is 3.36. The molecule has 0 saturated carbocycles. The fourth-order valence-corrected chi connectivity index (χ4v) is 3.24. The number of β-amino-alcohol motifs (C(OH)–C–C–N with tert-alkyl or cyclic N) is 1. The van der Waals surface area contributed by atoms with Crippen LogP contribution in [0.4, 0.5) is 4.39 Å². The van der Waals surface area contributed by atoms with E-state index in [1.165, 1.54) is 18.7 Å². The molecule has 0 radical (unpaired) electrons. The minimum Gasteiger partial charge on any atom is -0.494 e. The number of nitrogens with zero attached hydrogens (tertiary/aromatic N) is 1. The lowest BCUT2D eigenvalue weighted by molar-refractivity contribution is 0.125. The van der Waals surface area contributed by atoms with Crippen molar-refractivity contribution in [2.75, 3.05) is 26.7 Å². The maximum Gasteiger partial charge on any atom is 0.165 e. The lowest BCUT2D eigenvalue weighted by Crippen LogP contribution is -2.26. The molecule has 1 saturated heterocycles. The molecule has 1 heterocycles. The molecule has 1 aliphatic rings. The minimum atomic E-state index is -0.690. The second-order valence-corrected chi connectivity index (χ2v) is 6.07. The molecule has 0 bridgehead atoms. The zero-order chi connectivity index (χ0) is 16.2. The van der Waals surface area contributed by atoms with E-state index in [-0.39, 0.29) is 5.75 Å². The van der Waals surface area contributed by atoms with Gasteiger partial charge in [-0.1, -0.05) is 36.4 Å². The van der Waals surface area contributed by atoms with Crippen LogP contribution < -0.4 is 4.74 Å². The number of hydrogen-bond donors (Lipinski definition) is 1. The van der Waals surface area contributed by atoms with E-state index < -0.39 is 11.9 Å². The Hall–Kier alpha value is -1.91. The van der Waals surface area contributed by atoms with Crippen molar-refractivity contribution < 1.29 is 14.2 Å². The van der Waals surface area contributed by atoms with Gasteiger partial charge in [-0.25, -0.2) is 4.39 Å². The zero-order valence-electron chi connectivity index (χ0n) is 13.3. The van der Waals surface area contributed by atoms with Crippen molar-refractivity contribution in [1.29, 1.82) is 0 Å². The van der Waals surface area contributed by atoms with Crippen molar-refractivity contribution in [1.82, 2.24) is 4.90 Å². The number of likely N-dealkylation sites (tertiary alicyclic amines) is 1. The molecule has 4 heteroatoms. The summed E-state index contributed by atoms with van der Waals surface area (Å²) in [5.41, 5.74) is 1.94. The van der Waals surface area contributed by atoms with Crippen LogP contribution in [0.2, 0.25) is 0 Å². The summed E-state index contributed by atoms with van der Waals surface area (Å²) in [4.78, 5) is 2.24. The molecule has 1 fully saturated rings. The van der Waals surface area contributed by atoms with Crippen molar-refractivity contribution in [3.05, 3.63) is 65.5 Å². The van der Waals surface area contributed by atoms with E-state index in [4.69, 9.17) is 4.74 Å². The molecule has 1 aliphatic heterocycles. The van der Waals surface area contributed by atoms with Gasteiger partial charge in [-0.2, -0.15) is 0 Å². The molecule has 0 amide bonds. The molecular formula is C19H22FNO2. The number of aliphatic hydroxyl groups is 1. The predicted molar refractivity (Wildman–Crippen MR) is 88.2 cm³/mol. The Morgan fingerprint density at radius 2 is 2.04 bits per heavy atom. The van der Waals surface area contributed by atoms with Gasteiger partial charge in [0.25, 0.3) is 0 Å². The van der Waals surface area contributed by atoms with Gasteiger partial charge >= 0.3 is 0 Å². The molecule has 0 spiro atoms. The second kappa shape index (κ2) is 7.11. The number of benzene rings is 2. The van der Waals surface area contributed by atoms with Crippen molar-refractivity contribution in [2.24, 2.45) is 0 Å². The standard InChI is InChI=1S/C19H22FNO2/c1-23-19-8-7-15(11-17(19)20)18(22)13-21-10-9-16(12-21)14-5-3-2-4-6-14/h2-8,11,16,18,22H,9-10,12-13H2,1H3/t16-,18+/m0/s1. The molecule has 2 aromatic rings. The van der Waals surface area contributed by atoms with E-state index >= 15 is 0 Å². The van der Waals surface area contributed by atoms with Crippen molar-refractivity contribution in [2.45, 2.75) is 18.4 Å². The topological polar surface area (TPSA) is 32.7 Å². The Kier molecular flexibility index (Phi) is 4.94. The first-order chi connectivity index (χ1) is 11.2. The van der Waals surface area contributed by atoms with E-state index in [1.54, 1.807) is 12.1 Å². The maximum absolute atomic E-state index is 13.8. The van der Waals surface area contributed by atoms with E-state index in [1.807, 2.05) is 6.07 Å². The van der Waals surface area contributed by atoms with Gasteiger partial charge in [-0.15, -0.1) is 0 Å². The van der Waals surface area contributed by atoms with Gasteiger partial charge in [-0.05, 0) is 42.1 Å². The Balaban J connectivity index is 1.60. The second-order valence-electron chi connectivity index (χ2n) is 6.07. The highest BCUT2D eigenvalue weighted by Crippen LogP contribution is 2.29. The average Bonchev–Trinajstić information content (AvgIpc) is 3.04. The smallest absolute Gasteiger partial charge is 0.165 e. The number of ether oxygens (including phenoxy) is 1. The van der Waals surface area contributed by atoms with Gasteiger partial charge in [0.1, 0.15) is 0 Å². The van der Waals surface area contributed by atoms with Crippen LogP contribution in [0, 0.1) is 5.82 Å². The largest absolute Gasteiger partial charge is 0.494 e. The summed E-state index contributed by atoms with van der Waals surface area (Å²) in [6.45, 7) is 2.41. The molecule has 2 atom stereocenters. The van der Waals surface area contributed by atoms with Crippen LogP contribution in [-0.4, -0.2) is 36.8 Å². The van der Waals surface area contributed by atoms with Crippen LogP contribution in [0.25, 0.3) is 0 Å². The molecule has 0 aromatic heterocycles. The number of hydrogen-bond acceptors (Lipinski definition) is 3. The third-order valence-electron chi connectivity index (χ3n) is 4.54. The number of methoxy groups -OCH3 is 1. The van der Waals surface area contributed by atoms with Gasteiger partial charge in [0, 0.05) is 13.1 Å². The molecular weight excluding hydrogens is 293 g/mol. The number of halogens is 1. The van der Waals surface area contributed by atoms with Gasteiger partial charge < -0.3 is 9.84 Å². The summed E-state index contributed by atoms with van der Waals surface area (Å²) in [5, 5.41) is 10.4. The first kappa shape index (κ1) is 16.0. The number of rotatable bonds is 5. The maximum atomic E-state index is 13.8. The number of aliphatic hydroxyl groups excluding tert-OH is 1. The molecule has 0 aliphatic carbocycles. The molecule has 23 heavy (non-hydrogen) atoms. The van der Waals surface area contributed by atoms with Crippen LogP contribution in [-0.2, 0) is 0 Å². The molecule has 3 rings (SSSR count). The van der Waals surface area contributed by atoms with Gasteiger partial charge in [0.2, 0.25) is 0 Å². The lowest BCUT2D eigenvalue weighted by Gasteiger charge is -2.21. The van der Waals surface area contributed by atoms with E-state index in [0.717, 1.165) is 19.5 Å². The van der Waals surface area contributed by atoms with E-state index in [9.17, 15) is 9.50 Å². The fourth-order valence-electron chi connectivity index (χ4n) is 3.24. The van der Waals surface area contributed by atoms with Gasteiger partial charge in [0.05, 0.1) is 13.2 Å². The summed E-state index contributed by atoms with van der Waals surface area (Å²) in [7, 11) is 1.43. The van der Waals surface area contributed by atoms with Gasteiger partial charge in [-0.3, -0.25) is 4.90 Å².